The van der Waals surface area contributed by atoms with E-state index in [1.165, 1.54) is 0 Å². The molecule has 0 spiro atoms. The van der Waals surface area contributed by atoms with Gasteiger partial charge in [0.05, 0.1) is 11.0 Å². The highest BCUT2D eigenvalue weighted by molar-refractivity contribution is 5.75. The second-order valence-corrected chi connectivity index (χ2v) is 5.06. The summed E-state index contributed by atoms with van der Waals surface area (Å²) >= 11 is 0. The van der Waals surface area contributed by atoms with Gasteiger partial charge in [0.1, 0.15) is 12.2 Å². The highest BCUT2D eigenvalue weighted by Crippen LogP contribution is 2.15. The first kappa shape index (κ1) is 12.8. The number of hydrogen-bond acceptors (Lipinski definition) is 5. The molecule has 0 fully saturated rings. The number of anilines is 1. The molecular weight excluding hydrogens is 278 g/mol. The van der Waals surface area contributed by atoms with E-state index in [4.69, 9.17) is 0 Å². The summed E-state index contributed by atoms with van der Waals surface area (Å²) in [5.41, 5.74) is 2.91. The van der Waals surface area contributed by atoms with Gasteiger partial charge in [-0.05, 0) is 19.1 Å². The van der Waals surface area contributed by atoms with E-state index in [1.54, 1.807) is 12.5 Å². The molecule has 4 rings (SSSR count). The first-order chi connectivity index (χ1) is 10.8. The number of nitrogens with zero attached hydrogens (tertiary/aromatic N) is 6. The van der Waals surface area contributed by atoms with E-state index in [2.05, 4.69) is 36.1 Å². The third kappa shape index (κ3) is 2.07. The molecule has 0 bridgehead atoms. The van der Waals surface area contributed by atoms with E-state index < -0.39 is 0 Å². The number of aryl methyl sites for hydroxylation is 1. The molecule has 22 heavy (non-hydrogen) atoms. The summed E-state index contributed by atoms with van der Waals surface area (Å²) in [5, 5.41) is 11.3. The van der Waals surface area contributed by atoms with Gasteiger partial charge in [0.2, 0.25) is 5.65 Å². The number of aromatic nitrogens is 6. The lowest BCUT2D eigenvalue weighted by atomic mass is 10.3. The Morgan fingerprint density at radius 1 is 1.23 bits per heavy atom. The van der Waals surface area contributed by atoms with Crippen molar-refractivity contribution in [3.63, 3.8) is 0 Å². The van der Waals surface area contributed by atoms with Crippen LogP contribution in [0, 0.1) is 6.92 Å². The standard InChI is InChI=1S/C15H15N7/c1-11-19-12-4-2-3-5-13(12)22(11)9-7-17-14-15-20-18-10-21(15)8-6-16-14/h2-6,8,10H,7,9H2,1H3,(H,16,17). The molecule has 110 valence electrons. The minimum absolute atomic E-state index is 0.731. The predicted octanol–water partition coefficient (Wildman–Crippen LogP) is 1.89. The van der Waals surface area contributed by atoms with Crippen molar-refractivity contribution >= 4 is 22.5 Å². The zero-order valence-corrected chi connectivity index (χ0v) is 12.1. The minimum atomic E-state index is 0.731. The molecule has 0 aliphatic carbocycles. The predicted molar refractivity (Wildman–Crippen MR) is 83.7 cm³/mol. The van der Waals surface area contributed by atoms with E-state index in [0.29, 0.717) is 0 Å². The Morgan fingerprint density at radius 2 is 2.14 bits per heavy atom. The average Bonchev–Trinajstić information content (AvgIpc) is 3.12. The maximum absolute atomic E-state index is 4.57. The smallest absolute Gasteiger partial charge is 0.203 e. The molecule has 1 aromatic carbocycles. The number of nitrogens with one attached hydrogen (secondary N) is 1. The SMILES string of the molecule is Cc1nc2ccccc2n1CCNc1nccn2cnnc12. The molecule has 0 saturated heterocycles. The molecule has 0 aliphatic heterocycles. The fourth-order valence-electron chi connectivity index (χ4n) is 2.65. The van der Waals surface area contributed by atoms with E-state index >= 15 is 0 Å². The van der Waals surface area contributed by atoms with Gasteiger partial charge in [0.25, 0.3) is 0 Å². The lowest BCUT2D eigenvalue weighted by Crippen LogP contribution is -2.13. The topological polar surface area (TPSA) is 72.9 Å². The van der Waals surface area contributed by atoms with Crippen molar-refractivity contribution in [2.24, 2.45) is 0 Å². The highest BCUT2D eigenvalue weighted by atomic mass is 15.2. The number of benzene rings is 1. The molecule has 7 heteroatoms. The van der Waals surface area contributed by atoms with E-state index in [-0.39, 0.29) is 0 Å². The Hall–Kier alpha value is -2.96. The number of rotatable bonds is 4. The second kappa shape index (κ2) is 5.10. The van der Waals surface area contributed by atoms with Crippen LogP contribution in [0.4, 0.5) is 5.82 Å². The molecule has 4 aromatic rings. The summed E-state index contributed by atoms with van der Waals surface area (Å²) in [6.45, 7) is 3.57. The van der Waals surface area contributed by atoms with Gasteiger partial charge in [-0.15, -0.1) is 10.2 Å². The fraction of sp³-hybridized carbons (Fsp3) is 0.200. The number of fused-ring (bicyclic) bond motifs is 2. The Labute approximate surface area is 126 Å². The maximum atomic E-state index is 4.57. The van der Waals surface area contributed by atoms with Gasteiger partial charge < -0.3 is 9.88 Å². The normalized spacial score (nSPS) is 11.3. The molecule has 0 amide bonds. The summed E-state index contributed by atoms with van der Waals surface area (Å²) in [7, 11) is 0. The van der Waals surface area contributed by atoms with Crippen LogP contribution in [0.25, 0.3) is 16.7 Å². The first-order valence-electron chi connectivity index (χ1n) is 7.13. The molecule has 0 radical (unpaired) electrons. The second-order valence-electron chi connectivity index (χ2n) is 5.06. The van der Waals surface area contributed by atoms with Crippen LogP contribution in [0.2, 0.25) is 0 Å². The molecule has 3 aromatic heterocycles. The van der Waals surface area contributed by atoms with E-state index in [9.17, 15) is 0 Å². The summed E-state index contributed by atoms with van der Waals surface area (Å²) in [5.74, 6) is 1.75. The van der Waals surface area contributed by atoms with Crippen LogP contribution < -0.4 is 5.32 Å². The Balaban J connectivity index is 1.55. The van der Waals surface area contributed by atoms with E-state index in [1.807, 2.05) is 35.7 Å². The number of imidazole rings is 1. The third-order valence-corrected chi connectivity index (χ3v) is 3.69. The zero-order valence-electron chi connectivity index (χ0n) is 12.1. The van der Waals surface area contributed by atoms with Gasteiger partial charge in [-0.3, -0.25) is 4.40 Å². The van der Waals surface area contributed by atoms with Crippen LogP contribution in [-0.2, 0) is 6.54 Å². The van der Waals surface area contributed by atoms with E-state index in [0.717, 1.165) is 41.4 Å². The van der Waals surface area contributed by atoms with Crippen molar-refractivity contribution in [1.82, 2.24) is 29.1 Å². The molecular formula is C15H15N7. The quantitative estimate of drug-likeness (QED) is 0.622. The Bertz CT molecular complexity index is 937. The maximum Gasteiger partial charge on any atom is 0.203 e. The van der Waals surface area contributed by atoms with Crippen molar-refractivity contribution in [2.45, 2.75) is 13.5 Å². The van der Waals surface area contributed by atoms with Crippen molar-refractivity contribution in [1.29, 1.82) is 0 Å². The monoisotopic (exact) mass is 293 g/mol. The van der Waals surface area contributed by atoms with Crippen LogP contribution in [-0.4, -0.2) is 35.7 Å². The summed E-state index contributed by atoms with van der Waals surface area (Å²) in [6.07, 6.45) is 5.22. The molecule has 0 aliphatic rings. The lowest BCUT2D eigenvalue weighted by Gasteiger charge is -2.09. The fourth-order valence-corrected chi connectivity index (χ4v) is 2.65. The van der Waals surface area contributed by atoms with Crippen molar-refractivity contribution in [2.75, 3.05) is 11.9 Å². The molecule has 0 unspecified atom stereocenters. The molecule has 3 heterocycles. The summed E-state index contributed by atoms with van der Waals surface area (Å²) in [6, 6.07) is 8.16. The van der Waals surface area contributed by atoms with Gasteiger partial charge in [-0.25, -0.2) is 9.97 Å². The van der Waals surface area contributed by atoms with Gasteiger partial charge in [-0.2, -0.15) is 0 Å². The largest absolute Gasteiger partial charge is 0.365 e. The van der Waals surface area contributed by atoms with Crippen molar-refractivity contribution < 1.29 is 0 Å². The Morgan fingerprint density at radius 3 is 3.09 bits per heavy atom. The minimum Gasteiger partial charge on any atom is -0.365 e. The van der Waals surface area contributed by atoms with Crippen LogP contribution in [0.3, 0.4) is 0 Å². The molecule has 0 atom stereocenters. The van der Waals surface area contributed by atoms with Crippen LogP contribution >= 0.6 is 0 Å². The average molecular weight is 293 g/mol. The lowest BCUT2D eigenvalue weighted by molar-refractivity contribution is 0.720. The third-order valence-electron chi connectivity index (χ3n) is 3.69. The van der Waals surface area contributed by atoms with Crippen LogP contribution in [0.1, 0.15) is 5.82 Å². The van der Waals surface area contributed by atoms with Gasteiger partial charge in [0.15, 0.2) is 5.82 Å². The van der Waals surface area contributed by atoms with Gasteiger partial charge in [0, 0.05) is 25.5 Å². The molecule has 1 N–H and O–H groups in total. The first-order valence-corrected chi connectivity index (χ1v) is 7.13. The Kier molecular flexibility index (Phi) is 2.96. The van der Waals surface area contributed by atoms with Gasteiger partial charge in [-0.1, -0.05) is 12.1 Å². The zero-order chi connectivity index (χ0) is 14.9. The number of para-hydroxylation sites is 2. The summed E-state index contributed by atoms with van der Waals surface area (Å²) in [4.78, 5) is 8.90. The van der Waals surface area contributed by atoms with Crippen LogP contribution in [0.15, 0.2) is 43.0 Å². The summed E-state index contributed by atoms with van der Waals surface area (Å²) < 4.78 is 4.04. The highest BCUT2D eigenvalue weighted by Gasteiger charge is 2.07. The van der Waals surface area contributed by atoms with Crippen molar-refractivity contribution in [3.8, 4) is 0 Å². The molecule has 0 saturated carbocycles. The number of hydrogen-bond donors (Lipinski definition) is 1. The van der Waals surface area contributed by atoms with Crippen molar-refractivity contribution in [3.05, 3.63) is 48.8 Å². The van der Waals surface area contributed by atoms with Gasteiger partial charge >= 0.3 is 0 Å². The van der Waals surface area contributed by atoms with Crippen LogP contribution in [0.5, 0.6) is 0 Å². The molecule has 7 nitrogen and oxygen atoms in total.